The standard InChI is InChI=1S/C21H21N5O.C20H20N6O/c1-3-21(2)10-9-17-18(11-21)24-25-19(17)20(27)23-16-12-22-26(14-16)13-15-7-5-4-6-8-15;1-20(13-21)8-7-16-17(9-20)24-25-18(16)19(27)23-15-10-22-26(12-15)11-14-5-3-2-4-6-14/h1,4-8,12,14H,9-11,13H2,2H3,(H,23,27)(H,24,25);2-6,10,12H,7-9,11H2,1H3,(H,23,27)(H,24,25). The van der Waals surface area contributed by atoms with Crippen LogP contribution >= 0.6 is 0 Å². The zero-order valence-corrected chi connectivity index (χ0v) is 30.3. The molecule has 54 heavy (non-hydrogen) atoms. The number of rotatable bonds is 8. The molecule has 0 radical (unpaired) electrons. The number of nitrogens with zero attached hydrogens (tertiary/aromatic N) is 7. The Morgan fingerprint density at radius 2 is 1.20 bits per heavy atom. The Morgan fingerprint density at radius 3 is 1.65 bits per heavy atom. The Hall–Kier alpha value is -6.73. The molecule has 4 heterocycles. The molecule has 2 unspecified atom stereocenters. The number of fused-ring (bicyclic) bond motifs is 2. The third-order valence-corrected chi connectivity index (χ3v) is 10.1. The van der Waals surface area contributed by atoms with E-state index in [1.54, 1.807) is 28.0 Å². The number of carbonyl (C=O) groups excluding carboxylic acids is 2. The highest BCUT2D eigenvalue weighted by molar-refractivity contribution is 6.04. The highest BCUT2D eigenvalue weighted by atomic mass is 16.2. The molecule has 0 bridgehead atoms. The molecular weight excluding hydrogens is 679 g/mol. The van der Waals surface area contributed by atoms with Gasteiger partial charge in [0.05, 0.1) is 48.3 Å². The zero-order valence-electron chi connectivity index (χ0n) is 30.3. The van der Waals surface area contributed by atoms with Gasteiger partial charge in [-0.3, -0.25) is 29.2 Å². The summed E-state index contributed by atoms with van der Waals surface area (Å²) in [7, 11) is 0. The lowest BCUT2D eigenvalue weighted by atomic mass is 9.75. The maximum absolute atomic E-state index is 12.7. The van der Waals surface area contributed by atoms with Crippen LogP contribution in [0.1, 0.15) is 81.3 Å². The Balaban J connectivity index is 0.000000167. The number of carbonyl (C=O) groups is 2. The number of aromatic amines is 2. The van der Waals surface area contributed by atoms with Gasteiger partial charge in [-0.15, -0.1) is 6.42 Å². The van der Waals surface area contributed by atoms with E-state index in [-0.39, 0.29) is 17.2 Å². The van der Waals surface area contributed by atoms with E-state index in [2.05, 4.69) is 60.1 Å². The van der Waals surface area contributed by atoms with Gasteiger partial charge in [-0.2, -0.15) is 25.7 Å². The number of hydrogen-bond acceptors (Lipinski definition) is 7. The van der Waals surface area contributed by atoms with Crippen molar-refractivity contribution in [1.29, 1.82) is 5.26 Å². The SMILES string of the molecule is C#CC1(C)CCc2c(C(=O)Nc3cnn(Cc4ccccc4)c3)n[nH]c2C1.CC1(C#N)CCc2c(C(=O)Nc3cnn(Cc4ccccc4)c3)n[nH]c2C1. The molecule has 13 heteroatoms. The summed E-state index contributed by atoms with van der Waals surface area (Å²) < 4.78 is 3.58. The fourth-order valence-electron chi connectivity index (χ4n) is 6.94. The first kappa shape index (κ1) is 35.7. The van der Waals surface area contributed by atoms with Crippen molar-refractivity contribution in [3.8, 4) is 18.4 Å². The van der Waals surface area contributed by atoms with Gasteiger partial charge in [-0.05, 0) is 50.7 Å². The molecule has 4 N–H and O–H groups in total. The van der Waals surface area contributed by atoms with E-state index in [4.69, 9.17) is 6.42 Å². The number of anilines is 2. The molecule has 4 aromatic heterocycles. The molecule has 0 spiro atoms. The van der Waals surface area contributed by atoms with Gasteiger partial charge in [-0.1, -0.05) is 66.6 Å². The second-order valence-electron chi connectivity index (χ2n) is 14.5. The highest BCUT2D eigenvalue weighted by Crippen LogP contribution is 2.36. The molecule has 272 valence electrons. The number of hydrogen-bond donors (Lipinski definition) is 4. The van der Waals surface area contributed by atoms with E-state index in [1.807, 2.05) is 73.8 Å². The first-order valence-electron chi connectivity index (χ1n) is 17.9. The van der Waals surface area contributed by atoms with Crippen LogP contribution in [0.5, 0.6) is 0 Å². The van der Waals surface area contributed by atoms with E-state index in [1.165, 1.54) is 0 Å². The number of H-pyrrole nitrogens is 2. The molecule has 2 atom stereocenters. The van der Waals surface area contributed by atoms with Crippen molar-refractivity contribution < 1.29 is 9.59 Å². The average Bonchev–Trinajstić information content (AvgIpc) is 4.00. The normalized spacial score (nSPS) is 18.5. The average molecular weight is 720 g/mol. The maximum Gasteiger partial charge on any atom is 0.276 e. The molecule has 0 fully saturated rings. The molecule has 2 amide bonds. The molecule has 2 aliphatic carbocycles. The molecule has 6 aromatic rings. The van der Waals surface area contributed by atoms with Crippen LogP contribution in [0.15, 0.2) is 85.5 Å². The molecule has 13 nitrogen and oxygen atoms in total. The smallest absolute Gasteiger partial charge is 0.276 e. The Morgan fingerprint density at radius 1 is 0.759 bits per heavy atom. The molecule has 2 aliphatic rings. The number of aromatic nitrogens is 8. The van der Waals surface area contributed by atoms with Crippen molar-refractivity contribution in [2.75, 3.05) is 10.6 Å². The van der Waals surface area contributed by atoms with Gasteiger partial charge in [0.15, 0.2) is 11.4 Å². The third kappa shape index (κ3) is 8.01. The van der Waals surface area contributed by atoms with Gasteiger partial charge >= 0.3 is 0 Å². The maximum atomic E-state index is 12.7. The van der Waals surface area contributed by atoms with E-state index >= 15 is 0 Å². The Kier molecular flexibility index (Phi) is 9.97. The van der Waals surface area contributed by atoms with Crippen molar-refractivity contribution in [1.82, 2.24) is 40.0 Å². The highest BCUT2D eigenvalue weighted by Gasteiger charge is 2.34. The molecular formula is C41H41N11O2. The summed E-state index contributed by atoms with van der Waals surface area (Å²) in [5.41, 5.74) is 7.58. The Bertz CT molecular complexity index is 2190. The largest absolute Gasteiger partial charge is 0.318 e. The second-order valence-corrected chi connectivity index (χ2v) is 14.5. The van der Waals surface area contributed by atoms with Gasteiger partial charge in [0.2, 0.25) is 0 Å². The van der Waals surface area contributed by atoms with E-state index in [0.29, 0.717) is 55.1 Å². The van der Waals surface area contributed by atoms with Crippen LogP contribution in [0.4, 0.5) is 11.4 Å². The monoisotopic (exact) mass is 719 g/mol. The van der Waals surface area contributed by atoms with Crippen molar-refractivity contribution in [2.24, 2.45) is 10.8 Å². The lowest BCUT2D eigenvalue weighted by Crippen LogP contribution is -2.25. The summed E-state index contributed by atoms with van der Waals surface area (Å²) in [6.45, 7) is 5.30. The van der Waals surface area contributed by atoms with Crippen LogP contribution < -0.4 is 10.6 Å². The van der Waals surface area contributed by atoms with Gasteiger partial charge in [-0.25, -0.2) is 0 Å². The zero-order chi connectivity index (χ0) is 37.7. The second kappa shape index (κ2) is 15.1. The molecule has 0 aliphatic heterocycles. The quantitative estimate of drug-likeness (QED) is 0.140. The van der Waals surface area contributed by atoms with Crippen molar-refractivity contribution in [3.63, 3.8) is 0 Å². The first-order chi connectivity index (χ1) is 26.1. The molecule has 2 aromatic carbocycles. The topological polar surface area (TPSA) is 175 Å². The first-order valence-corrected chi connectivity index (χ1v) is 17.9. The van der Waals surface area contributed by atoms with Crippen LogP contribution in [0, 0.1) is 34.5 Å². The van der Waals surface area contributed by atoms with E-state index < -0.39 is 5.41 Å². The van der Waals surface area contributed by atoms with Gasteiger partial charge < -0.3 is 10.6 Å². The predicted molar refractivity (Wildman–Crippen MR) is 203 cm³/mol. The predicted octanol–water partition coefficient (Wildman–Crippen LogP) is 5.96. The molecule has 0 saturated carbocycles. The van der Waals surface area contributed by atoms with E-state index in [0.717, 1.165) is 52.9 Å². The summed E-state index contributed by atoms with van der Waals surface area (Å²) >= 11 is 0. The number of terminal acetylenes is 1. The summed E-state index contributed by atoms with van der Waals surface area (Å²) in [4.78, 5) is 25.3. The van der Waals surface area contributed by atoms with Gasteiger partial charge in [0, 0.05) is 53.2 Å². The summed E-state index contributed by atoms with van der Waals surface area (Å²) in [5, 5.41) is 38.1. The van der Waals surface area contributed by atoms with Crippen molar-refractivity contribution >= 4 is 23.2 Å². The van der Waals surface area contributed by atoms with Crippen molar-refractivity contribution in [2.45, 2.75) is 65.5 Å². The number of nitriles is 1. The van der Waals surface area contributed by atoms with Gasteiger partial charge in [0.25, 0.3) is 11.8 Å². The minimum atomic E-state index is -0.397. The minimum Gasteiger partial charge on any atom is -0.318 e. The molecule has 8 rings (SSSR count). The summed E-state index contributed by atoms with van der Waals surface area (Å²) in [6.07, 6.45) is 16.9. The van der Waals surface area contributed by atoms with E-state index in [9.17, 15) is 14.9 Å². The van der Waals surface area contributed by atoms with Crippen LogP contribution in [-0.2, 0) is 38.8 Å². The Labute approximate surface area is 313 Å². The lowest BCUT2D eigenvalue weighted by Gasteiger charge is -2.27. The van der Waals surface area contributed by atoms with Crippen LogP contribution in [0.2, 0.25) is 0 Å². The number of amides is 2. The van der Waals surface area contributed by atoms with Crippen LogP contribution in [0.3, 0.4) is 0 Å². The van der Waals surface area contributed by atoms with Gasteiger partial charge in [0.1, 0.15) is 0 Å². The molecule has 0 saturated heterocycles. The third-order valence-electron chi connectivity index (χ3n) is 10.1. The summed E-state index contributed by atoms with van der Waals surface area (Å²) in [6, 6.07) is 22.4. The summed E-state index contributed by atoms with van der Waals surface area (Å²) in [5.74, 6) is 2.38. The fraction of sp³-hybridized carbons (Fsp3) is 0.293. The lowest BCUT2D eigenvalue weighted by molar-refractivity contribution is 0.101. The number of nitrogens with one attached hydrogen (secondary N) is 4. The number of benzene rings is 2. The minimum absolute atomic E-state index is 0.175. The van der Waals surface area contributed by atoms with Crippen molar-refractivity contribution in [3.05, 3.63) is 130 Å². The van der Waals surface area contributed by atoms with Crippen LogP contribution in [0.25, 0.3) is 0 Å². The fourth-order valence-corrected chi connectivity index (χ4v) is 6.94. The van der Waals surface area contributed by atoms with Crippen LogP contribution in [-0.4, -0.2) is 51.8 Å².